The van der Waals surface area contributed by atoms with Crippen LogP contribution >= 0.6 is 0 Å². The zero-order chi connectivity index (χ0) is 9.84. The molecule has 1 aliphatic carbocycles. The van der Waals surface area contributed by atoms with Crippen molar-refractivity contribution in [2.45, 2.75) is 38.8 Å². The van der Waals surface area contributed by atoms with Gasteiger partial charge in [0.05, 0.1) is 0 Å². The molecule has 1 aliphatic rings. The van der Waals surface area contributed by atoms with Crippen LogP contribution in [-0.4, -0.2) is 36.1 Å². The van der Waals surface area contributed by atoms with Gasteiger partial charge in [-0.2, -0.15) is 0 Å². The summed E-state index contributed by atoms with van der Waals surface area (Å²) in [6, 6.07) is 0.645. The van der Waals surface area contributed by atoms with Gasteiger partial charge in [0.2, 0.25) is 0 Å². The number of rotatable bonds is 3. The molecule has 0 bridgehead atoms. The summed E-state index contributed by atoms with van der Waals surface area (Å²) < 4.78 is 0. The van der Waals surface area contributed by atoms with Crippen molar-refractivity contribution in [1.29, 1.82) is 0 Å². The Kier molecular flexibility index (Phi) is 3.54. The summed E-state index contributed by atoms with van der Waals surface area (Å²) in [5.74, 6) is 0. The van der Waals surface area contributed by atoms with Crippen LogP contribution < -0.4 is 11.1 Å². The molecule has 0 aromatic rings. The van der Waals surface area contributed by atoms with Gasteiger partial charge in [-0.25, -0.2) is 4.79 Å². The van der Waals surface area contributed by atoms with Crippen LogP contribution in [0.4, 0.5) is 4.79 Å². The predicted molar refractivity (Wildman–Crippen MR) is 52.5 cm³/mol. The Balaban J connectivity index is 2.24. The van der Waals surface area contributed by atoms with E-state index in [0.717, 1.165) is 25.9 Å². The van der Waals surface area contributed by atoms with E-state index in [9.17, 15) is 4.79 Å². The molecule has 0 radical (unpaired) electrons. The van der Waals surface area contributed by atoms with E-state index < -0.39 is 0 Å². The first-order chi connectivity index (χ1) is 6.17. The highest BCUT2D eigenvalue weighted by Gasteiger charge is 2.27. The summed E-state index contributed by atoms with van der Waals surface area (Å²) in [7, 11) is 0. The van der Waals surface area contributed by atoms with E-state index in [1.165, 1.54) is 0 Å². The van der Waals surface area contributed by atoms with E-state index in [2.05, 4.69) is 5.32 Å². The van der Waals surface area contributed by atoms with Gasteiger partial charge < -0.3 is 16.0 Å². The van der Waals surface area contributed by atoms with E-state index in [0.29, 0.717) is 12.1 Å². The van der Waals surface area contributed by atoms with Crippen molar-refractivity contribution in [3.05, 3.63) is 0 Å². The van der Waals surface area contributed by atoms with Gasteiger partial charge >= 0.3 is 6.03 Å². The molecule has 76 valence electrons. The smallest absolute Gasteiger partial charge is 0.317 e. The van der Waals surface area contributed by atoms with Gasteiger partial charge in [-0.3, -0.25) is 0 Å². The first-order valence-electron chi connectivity index (χ1n) is 4.98. The van der Waals surface area contributed by atoms with Gasteiger partial charge in [0.25, 0.3) is 0 Å². The number of nitrogens with two attached hydrogens (primary N) is 1. The zero-order valence-electron chi connectivity index (χ0n) is 8.42. The number of carbonyl (C=O) groups excluding carboxylic acids is 1. The summed E-state index contributed by atoms with van der Waals surface area (Å²) >= 11 is 0. The van der Waals surface area contributed by atoms with Gasteiger partial charge in [0, 0.05) is 25.2 Å². The van der Waals surface area contributed by atoms with Crippen molar-refractivity contribution in [3.8, 4) is 0 Å². The molecule has 0 spiro atoms. The highest BCUT2D eigenvalue weighted by atomic mass is 16.2. The third-order valence-corrected chi connectivity index (χ3v) is 2.55. The largest absolute Gasteiger partial charge is 0.335 e. The second-order valence-electron chi connectivity index (χ2n) is 3.55. The lowest BCUT2D eigenvalue weighted by molar-refractivity contribution is 0.187. The Bertz CT molecular complexity index is 174. The number of nitrogens with zero attached hydrogens (tertiary/aromatic N) is 1. The van der Waals surface area contributed by atoms with Gasteiger partial charge in [-0.05, 0) is 26.7 Å². The topological polar surface area (TPSA) is 58.4 Å². The van der Waals surface area contributed by atoms with E-state index in [4.69, 9.17) is 5.73 Å². The van der Waals surface area contributed by atoms with E-state index in [1.54, 1.807) is 4.90 Å². The molecule has 0 aromatic carbocycles. The van der Waals surface area contributed by atoms with Gasteiger partial charge in [0.15, 0.2) is 0 Å². The average Bonchev–Trinajstić information content (AvgIpc) is 2.04. The normalized spacial score (nSPS) is 26.4. The molecule has 1 rings (SSSR count). The molecule has 3 N–H and O–H groups in total. The van der Waals surface area contributed by atoms with Crippen molar-refractivity contribution in [1.82, 2.24) is 10.2 Å². The Morgan fingerprint density at radius 2 is 2.00 bits per heavy atom. The molecule has 13 heavy (non-hydrogen) atoms. The number of urea groups is 1. The highest BCUT2D eigenvalue weighted by molar-refractivity contribution is 5.74. The number of amides is 2. The van der Waals surface area contributed by atoms with E-state index in [1.807, 2.05) is 13.8 Å². The number of nitrogens with one attached hydrogen (secondary N) is 1. The summed E-state index contributed by atoms with van der Waals surface area (Å²) in [6.07, 6.45) is 1.85. The molecule has 0 aromatic heterocycles. The molecular weight excluding hydrogens is 166 g/mol. The van der Waals surface area contributed by atoms with Gasteiger partial charge in [-0.15, -0.1) is 0 Å². The molecule has 1 fully saturated rings. The lowest BCUT2D eigenvalue weighted by Gasteiger charge is -2.34. The Morgan fingerprint density at radius 3 is 2.38 bits per heavy atom. The molecule has 2 amide bonds. The van der Waals surface area contributed by atoms with Crippen molar-refractivity contribution < 1.29 is 4.79 Å². The van der Waals surface area contributed by atoms with Crippen molar-refractivity contribution in [2.24, 2.45) is 5.73 Å². The van der Waals surface area contributed by atoms with E-state index in [-0.39, 0.29) is 6.03 Å². The molecule has 1 saturated carbocycles. The monoisotopic (exact) mass is 185 g/mol. The van der Waals surface area contributed by atoms with Crippen LogP contribution in [0.2, 0.25) is 0 Å². The van der Waals surface area contributed by atoms with Crippen LogP contribution in [0.1, 0.15) is 26.7 Å². The fourth-order valence-electron chi connectivity index (χ4n) is 1.56. The summed E-state index contributed by atoms with van der Waals surface area (Å²) in [5, 5.41) is 2.96. The second kappa shape index (κ2) is 4.46. The van der Waals surface area contributed by atoms with Crippen molar-refractivity contribution in [2.75, 3.05) is 13.1 Å². The fourth-order valence-corrected chi connectivity index (χ4v) is 1.56. The van der Waals surface area contributed by atoms with Crippen LogP contribution in [0.5, 0.6) is 0 Å². The Hall–Kier alpha value is -0.770. The standard InChI is InChI=1S/C9H19N3O/c1-3-12(4-2)9(13)11-8-5-7(10)6-8/h7-8H,3-6,10H2,1-2H3,(H,11,13). The van der Waals surface area contributed by atoms with Crippen molar-refractivity contribution in [3.63, 3.8) is 0 Å². The summed E-state index contributed by atoms with van der Waals surface area (Å²) in [5.41, 5.74) is 5.62. The Morgan fingerprint density at radius 1 is 1.46 bits per heavy atom. The maximum atomic E-state index is 11.5. The number of hydrogen-bond acceptors (Lipinski definition) is 2. The second-order valence-corrected chi connectivity index (χ2v) is 3.55. The minimum atomic E-state index is 0.0434. The summed E-state index contributed by atoms with van der Waals surface area (Å²) in [6.45, 7) is 5.49. The van der Waals surface area contributed by atoms with Crippen molar-refractivity contribution >= 4 is 6.03 Å². The number of hydrogen-bond donors (Lipinski definition) is 2. The first kappa shape index (κ1) is 10.3. The quantitative estimate of drug-likeness (QED) is 0.673. The average molecular weight is 185 g/mol. The molecule has 0 unspecified atom stereocenters. The zero-order valence-corrected chi connectivity index (χ0v) is 8.42. The third kappa shape index (κ3) is 2.59. The SMILES string of the molecule is CCN(CC)C(=O)NC1CC(N)C1. The van der Waals surface area contributed by atoms with Crippen LogP contribution in [-0.2, 0) is 0 Å². The minimum Gasteiger partial charge on any atom is -0.335 e. The van der Waals surface area contributed by atoms with Gasteiger partial charge in [0.1, 0.15) is 0 Å². The summed E-state index contributed by atoms with van der Waals surface area (Å²) in [4.78, 5) is 13.3. The van der Waals surface area contributed by atoms with Gasteiger partial charge in [-0.1, -0.05) is 0 Å². The predicted octanol–water partition coefficient (Wildman–Crippen LogP) is 0.527. The molecule has 4 nitrogen and oxygen atoms in total. The lowest BCUT2D eigenvalue weighted by Crippen LogP contribution is -2.53. The molecule has 0 aliphatic heterocycles. The fraction of sp³-hybridized carbons (Fsp3) is 0.889. The maximum absolute atomic E-state index is 11.5. The maximum Gasteiger partial charge on any atom is 0.317 e. The molecule has 0 saturated heterocycles. The van der Waals surface area contributed by atoms with E-state index >= 15 is 0 Å². The third-order valence-electron chi connectivity index (χ3n) is 2.55. The van der Waals surface area contributed by atoms with Crippen LogP contribution in [0.25, 0.3) is 0 Å². The lowest BCUT2D eigenvalue weighted by atomic mass is 9.88. The number of carbonyl (C=O) groups is 1. The van der Waals surface area contributed by atoms with Crippen LogP contribution in [0.15, 0.2) is 0 Å². The molecule has 4 heteroatoms. The Labute approximate surface area is 79.5 Å². The highest BCUT2D eigenvalue weighted by Crippen LogP contribution is 2.17. The van der Waals surface area contributed by atoms with Crippen LogP contribution in [0.3, 0.4) is 0 Å². The first-order valence-corrected chi connectivity index (χ1v) is 4.98. The molecule has 0 heterocycles. The minimum absolute atomic E-state index is 0.0434. The van der Waals surface area contributed by atoms with Crippen LogP contribution in [0, 0.1) is 0 Å². The molecular formula is C9H19N3O. The molecule has 0 atom stereocenters.